The molecule has 0 radical (unpaired) electrons. The van der Waals surface area contributed by atoms with Crippen LogP contribution >= 0.6 is 0 Å². The molecule has 1 saturated heterocycles. The predicted octanol–water partition coefficient (Wildman–Crippen LogP) is 2.69. The summed E-state index contributed by atoms with van der Waals surface area (Å²) in [7, 11) is 0. The molecule has 0 unspecified atom stereocenters. The molecule has 0 saturated carbocycles. The molecule has 2 heterocycles. The summed E-state index contributed by atoms with van der Waals surface area (Å²) in [5.74, 6) is 0. The molecule has 1 aromatic heterocycles. The maximum Gasteiger partial charge on any atom is 0.115 e. The minimum atomic E-state index is 0.799. The molecule has 1 N–H and O–H groups in total. The Labute approximate surface area is 113 Å². The van der Waals surface area contributed by atoms with Gasteiger partial charge in [-0.1, -0.05) is 12.1 Å². The zero-order chi connectivity index (χ0) is 12.9. The predicted molar refractivity (Wildman–Crippen MR) is 77.2 cm³/mol. The molecule has 1 fully saturated rings. The van der Waals surface area contributed by atoms with Gasteiger partial charge in [0.2, 0.25) is 0 Å². The van der Waals surface area contributed by atoms with E-state index in [2.05, 4.69) is 44.5 Å². The van der Waals surface area contributed by atoms with Gasteiger partial charge in [0.25, 0.3) is 0 Å². The molecule has 0 bridgehead atoms. The second-order valence-corrected chi connectivity index (χ2v) is 4.84. The number of benzene rings is 1. The van der Waals surface area contributed by atoms with Crippen LogP contribution in [0.5, 0.6) is 0 Å². The molecule has 1 aliphatic rings. The summed E-state index contributed by atoms with van der Waals surface area (Å²) >= 11 is 0. The van der Waals surface area contributed by atoms with Gasteiger partial charge >= 0.3 is 0 Å². The van der Waals surface area contributed by atoms with Crippen molar-refractivity contribution in [3.63, 3.8) is 0 Å². The molecule has 1 aromatic carbocycles. The number of hydrogen-bond donors (Lipinski definition) is 1. The lowest BCUT2D eigenvalue weighted by atomic mass is 10.2. The van der Waals surface area contributed by atoms with Gasteiger partial charge in [0.15, 0.2) is 0 Å². The average molecular weight is 254 g/mol. The van der Waals surface area contributed by atoms with Crippen molar-refractivity contribution >= 4 is 11.4 Å². The maximum atomic E-state index is 3.98. The van der Waals surface area contributed by atoms with Crippen LogP contribution in [-0.4, -0.2) is 23.1 Å². The van der Waals surface area contributed by atoms with Crippen LogP contribution < -0.4 is 10.2 Å². The highest BCUT2D eigenvalue weighted by Crippen LogP contribution is 2.20. The van der Waals surface area contributed by atoms with E-state index < -0.39 is 0 Å². The van der Waals surface area contributed by atoms with Crippen molar-refractivity contribution < 1.29 is 0 Å². The van der Waals surface area contributed by atoms with Crippen LogP contribution in [0.2, 0.25) is 0 Å². The van der Waals surface area contributed by atoms with Crippen LogP contribution in [0, 0.1) is 0 Å². The van der Waals surface area contributed by atoms with Crippen LogP contribution in [0.1, 0.15) is 18.4 Å². The van der Waals surface area contributed by atoms with E-state index in [9.17, 15) is 0 Å². The minimum absolute atomic E-state index is 0.799. The molecular weight excluding hydrogens is 236 g/mol. The average Bonchev–Trinajstić information content (AvgIpc) is 3.01. The fourth-order valence-electron chi connectivity index (χ4n) is 2.39. The lowest BCUT2D eigenvalue weighted by Crippen LogP contribution is -2.17. The van der Waals surface area contributed by atoms with Crippen molar-refractivity contribution in [1.82, 2.24) is 9.97 Å². The Morgan fingerprint density at radius 1 is 1.00 bits per heavy atom. The molecule has 2 aromatic rings. The lowest BCUT2D eigenvalue weighted by Gasteiger charge is -2.17. The van der Waals surface area contributed by atoms with E-state index in [0.29, 0.717) is 0 Å². The third-order valence-electron chi connectivity index (χ3n) is 3.46. The Morgan fingerprint density at radius 3 is 2.37 bits per heavy atom. The fraction of sp³-hybridized carbons (Fsp3) is 0.333. The van der Waals surface area contributed by atoms with Crippen LogP contribution in [0.25, 0.3) is 0 Å². The van der Waals surface area contributed by atoms with E-state index >= 15 is 0 Å². The lowest BCUT2D eigenvalue weighted by molar-refractivity contribution is 0.949. The molecule has 4 nitrogen and oxygen atoms in total. The van der Waals surface area contributed by atoms with E-state index in [0.717, 1.165) is 12.2 Å². The van der Waals surface area contributed by atoms with Gasteiger partial charge in [0.1, 0.15) is 6.33 Å². The molecule has 0 atom stereocenters. The third-order valence-corrected chi connectivity index (χ3v) is 3.46. The Morgan fingerprint density at radius 2 is 1.68 bits per heavy atom. The van der Waals surface area contributed by atoms with Crippen molar-refractivity contribution in [1.29, 1.82) is 0 Å². The van der Waals surface area contributed by atoms with Gasteiger partial charge in [-0.05, 0) is 30.5 Å². The molecule has 19 heavy (non-hydrogen) atoms. The van der Waals surface area contributed by atoms with Gasteiger partial charge < -0.3 is 10.2 Å². The SMILES string of the molecule is c1ncc(NCc2ccc(N3CCCC3)cc2)cn1. The number of hydrogen-bond acceptors (Lipinski definition) is 4. The van der Waals surface area contributed by atoms with Gasteiger partial charge in [-0.25, -0.2) is 9.97 Å². The van der Waals surface area contributed by atoms with E-state index in [1.165, 1.54) is 43.5 Å². The van der Waals surface area contributed by atoms with Crippen LogP contribution in [-0.2, 0) is 6.54 Å². The van der Waals surface area contributed by atoms with E-state index in [1.54, 1.807) is 12.4 Å². The molecule has 0 amide bonds. The van der Waals surface area contributed by atoms with Crippen LogP contribution in [0.3, 0.4) is 0 Å². The monoisotopic (exact) mass is 254 g/mol. The van der Waals surface area contributed by atoms with Crippen molar-refractivity contribution in [2.45, 2.75) is 19.4 Å². The van der Waals surface area contributed by atoms with Crippen LogP contribution in [0.4, 0.5) is 11.4 Å². The normalized spacial score (nSPS) is 14.6. The molecule has 98 valence electrons. The van der Waals surface area contributed by atoms with Crippen molar-refractivity contribution in [3.8, 4) is 0 Å². The summed E-state index contributed by atoms with van der Waals surface area (Å²) in [6.45, 7) is 3.19. The third kappa shape index (κ3) is 3.02. The summed E-state index contributed by atoms with van der Waals surface area (Å²) in [6.07, 6.45) is 7.74. The molecule has 0 spiro atoms. The summed E-state index contributed by atoms with van der Waals surface area (Å²) in [5, 5.41) is 3.31. The zero-order valence-electron chi connectivity index (χ0n) is 10.9. The van der Waals surface area contributed by atoms with Crippen molar-refractivity contribution in [2.24, 2.45) is 0 Å². The fourth-order valence-corrected chi connectivity index (χ4v) is 2.39. The number of aromatic nitrogens is 2. The first-order valence-corrected chi connectivity index (χ1v) is 6.74. The van der Waals surface area contributed by atoms with Gasteiger partial charge in [0, 0.05) is 25.3 Å². The first-order valence-electron chi connectivity index (χ1n) is 6.74. The second kappa shape index (κ2) is 5.69. The van der Waals surface area contributed by atoms with E-state index in [1.807, 2.05) is 0 Å². The van der Waals surface area contributed by atoms with Gasteiger partial charge in [0.05, 0.1) is 18.1 Å². The smallest absolute Gasteiger partial charge is 0.115 e. The molecular formula is C15H18N4. The summed E-state index contributed by atoms with van der Waals surface area (Å²) < 4.78 is 0. The molecule has 0 aliphatic carbocycles. The highest BCUT2D eigenvalue weighted by Gasteiger charge is 2.11. The Hall–Kier alpha value is -2.10. The number of anilines is 2. The standard InChI is InChI=1S/C15H18N4/c1-2-8-19(7-1)15-5-3-13(4-6-15)9-18-14-10-16-12-17-11-14/h3-6,10-12,18H,1-2,7-9H2. The Kier molecular flexibility index (Phi) is 3.58. The highest BCUT2D eigenvalue weighted by molar-refractivity contribution is 5.49. The van der Waals surface area contributed by atoms with Gasteiger partial charge in [-0.2, -0.15) is 0 Å². The highest BCUT2D eigenvalue weighted by atomic mass is 15.1. The first-order chi connectivity index (χ1) is 9.42. The van der Waals surface area contributed by atoms with E-state index in [4.69, 9.17) is 0 Å². The first kappa shape index (κ1) is 12.0. The number of nitrogens with zero attached hydrogens (tertiary/aromatic N) is 3. The number of nitrogens with one attached hydrogen (secondary N) is 1. The van der Waals surface area contributed by atoms with Crippen molar-refractivity contribution in [2.75, 3.05) is 23.3 Å². The van der Waals surface area contributed by atoms with Gasteiger partial charge in [-0.15, -0.1) is 0 Å². The summed E-state index contributed by atoms with van der Waals surface area (Å²) in [5.41, 5.74) is 3.56. The largest absolute Gasteiger partial charge is 0.378 e. The maximum absolute atomic E-state index is 3.98. The second-order valence-electron chi connectivity index (χ2n) is 4.84. The Balaban J connectivity index is 1.60. The van der Waals surface area contributed by atoms with E-state index in [-0.39, 0.29) is 0 Å². The molecule has 3 rings (SSSR count). The zero-order valence-corrected chi connectivity index (χ0v) is 10.9. The summed E-state index contributed by atoms with van der Waals surface area (Å²) in [4.78, 5) is 10.4. The molecule has 4 heteroatoms. The van der Waals surface area contributed by atoms with Crippen LogP contribution in [0.15, 0.2) is 43.0 Å². The van der Waals surface area contributed by atoms with Gasteiger partial charge in [-0.3, -0.25) is 0 Å². The number of rotatable bonds is 4. The molecule has 1 aliphatic heterocycles. The quantitative estimate of drug-likeness (QED) is 0.910. The topological polar surface area (TPSA) is 41.1 Å². The van der Waals surface area contributed by atoms with Crippen molar-refractivity contribution in [3.05, 3.63) is 48.5 Å². The summed E-state index contributed by atoms with van der Waals surface area (Å²) in [6, 6.07) is 8.79. The minimum Gasteiger partial charge on any atom is -0.378 e. The Bertz CT molecular complexity index is 503.